The maximum atomic E-state index is 11.2. The number of hydrogen-bond donors (Lipinski definition) is 1. The molecule has 5 nitrogen and oxygen atoms in total. The Bertz CT molecular complexity index is 775. The summed E-state index contributed by atoms with van der Waals surface area (Å²) in [5.41, 5.74) is 1.71. The summed E-state index contributed by atoms with van der Waals surface area (Å²) in [6.07, 6.45) is 3.37. The Morgan fingerprint density at radius 2 is 2.00 bits per heavy atom. The third-order valence-corrected chi connectivity index (χ3v) is 3.15. The van der Waals surface area contributed by atoms with Crippen LogP contribution < -0.4 is 4.74 Å². The van der Waals surface area contributed by atoms with Gasteiger partial charge in [0, 0.05) is 11.8 Å². The quantitative estimate of drug-likeness (QED) is 0.793. The zero-order valence-corrected chi connectivity index (χ0v) is 10.8. The van der Waals surface area contributed by atoms with E-state index in [1.807, 2.05) is 24.3 Å². The van der Waals surface area contributed by atoms with E-state index in [0.29, 0.717) is 11.3 Å². The Balaban J connectivity index is 2.17. The summed E-state index contributed by atoms with van der Waals surface area (Å²) in [7, 11) is 1.61. The SMILES string of the molecule is COc1ccc(-c2ncc3c(C(=O)O)cccn23)cc1. The molecule has 0 aliphatic carbocycles. The second kappa shape index (κ2) is 4.70. The lowest BCUT2D eigenvalue weighted by molar-refractivity contribution is 0.0698. The molecule has 1 N–H and O–H groups in total. The summed E-state index contributed by atoms with van der Waals surface area (Å²) in [4.78, 5) is 15.5. The first-order valence-corrected chi connectivity index (χ1v) is 6.04. The molecule has 0 radical (unpaired) electrons. The molecule has 3 aromatic rings. The Labute approximate surface area is 115 Å². The predicted octanol–water partition coefficient (Wildman–Crippen LogP) is 2.71. The van der Waals surface area contributed by atoms with Crippen LogP contribution in [0.3, 0.4) is 0 Å². The minimum absolute atomic E-state index is 0.236. The predicted molar refractivity (Wildman–Crippen MR) is 74.1 cm³/mol. The monoisotopic (exact) mass is 268 g/mol. The number of ether oxygens (including phenoxy) is 1. The van der Waals surface area contributed by atoms with Crippen molar-refractivity contribution in [1.82, 2.24) is 9.38 Å². The molecule has 0 saturated heterocycles. The largest absolute Gasteiger partial charge is 0.497 e. The summed E-state index contributed by atoms with van der Waals surface area (Å²) in [6.45, 7) is 0. The number of aromatic carboxylic acids is 1. The maximum absolute atomic E-state index is 11.2. The van der Waals surface area contributed by atoms with Gasteiger partial charge in [-0.15, -0.1) is 0 Å². The summed E-state index contributed by atoms with van der Waals surface area (Å²) in [5.74, 6) is 0.503. The Hall–Kier alpha value is -2.82. The number of fused-ring (bicyclic) bond motifs is 1. The van der Waals surface area contributed by atoms with E-state index in [-0.39, 0.29) is 5.56 Å². The molecule has 0 saturated carbocycles. The highest BCUT2D eigenvalue weighted by Crippen LogP contribution is 2.23. The lowest BCUT2D eigenvalue weighted by Gasteiger charge is -2.04. The smallest absolute Gasteiger partial charge is 0.337 e. The molecule has 0 unspecified atom stereocenters. The van der Waals surface area contributed by atoms with Crippen LogP contribution in [-0.2, 0) is 0 Å². The topological polar surface area (TPSA) is 63.8 Å². The van der Waals surface area contributed by atoms with Gasteiger partial charge in [0.25, 0.3) is 0 Å². The molecule has 100 valence electrons. The zero-order chi connectivity index (χ0) is 14.1. The fourth-order valence-electron chi connectivity index (χ4n) is 2.16. The second-order valence-corrected chi connectivity index (χ2v) is 4.29. The van der Waals surface area contributed by atoms with E-state index in [9.17, 15) is 9.90 Å². The normalized spacial score (nSPS) is 10.7. The highest BCUT2D eigenvalue weighted by molar-refractivity contribution is 5.95. The van der Waals surface area contributed by atoms with Crippen molar-refractivity contribution in [1.29, 1.82) is 0 Å². The van der Waals surface area contributed by atoms with Crippen LogP contribution in [0.15, 0.2) is 48.8 Å². The summed E-state index contributed by atoms with van der Waals surface area (Å²) >= 11 is 0. The van der Waals surface area contributed by atoms with Gasteiger partial charge in [-0.05, 0) is 36.4 Å². The van der Waals surface area contributed by atoms with Crippen molar-refractivity contribution in [2.24, 2.45) is 0 Å². The molecule has 5 heteroatoms. The number of imidazole rings is 1. The van der Waals surface area contributed by atoms with Crippen molar-refractivity contribution in [2.45, 2.75) is 0 Å². The van der Waals surface area contributed by atoms with Crippen LogP contribution in [0.1, 0.15) is 10.4 Å². The lowest BCUT2D eigenvalue weighted by atomic mass is 10.2. The number of pyridine rings is 1. The van der Waals surface area contributed by atoms with Crippen LogP contribution in [-0.4, -0.2) is 27.6 Å². The number of benzene rings is 1. The minimum Gasteiger partial charge on any atom is -0.497 e. The molecular weight excluding hydrogens is 256 g/mol. The summed E-state index contributed by atoms with van der Waals surface area (Å²) in [6, 6.07) is 10.7. The molecule has 0 spiro atoms. The number of nitrogens with zero attached hydrogens (tertiary/aromatic N) is 2. The van der Waals surface area contributed by atoms with Gasteiger partial charge in [-0.25, -0.2) is 9.78 Å². The van der Waals surface area contributed by atoms with Crippen LogP contribution in [0.2, 0.25) is 0 Å². The third-order valence-electron chi connectivity index (χ3n) is 3.15. The molecule has 1 aromatic carbocycles. The Kier molecular flexibility index (Phi) is 2.87. The average molecular weight is 268 g/mol. The van der Waals surface area contributed by atoms with Crippen LogP contribution in [0.25, 0.3) is 16.9 Å². The molecule has 0 aliphatic heterocycles. The van der Waals surface area contributed by atoms with Gasteiger partial charge in [0.05, 0.1) is 24.4 Å². The summed E-state index contributed by atoms with van der Waals surface area (Å²) in [5, 5.41) is 9.17. The second-order valence-electron chi connectivity index (χ2n) is 4.29. The van der Waals surface area contributed by atoms with Gasteiger partial charge < -0.3 is 9.84 Å². The Morgan fingerprint density at radius 1 is 1.25 bits per heavy atom. The van der Waals surface area contributed by atoms with Crippen LogP contribution in [0.4, 0.5) is 0 Å². The van der Waals surface area contributed by atoms with Gasteiger partial charge >= 0.3 is 5.97 Å². The van der Waals surface area contributed by atoms with Crippen molar-refractivity contribution < 1.29 is 14.6 Å². The number of methoxy groups -OCH3 is 1. The number of hydrogen-bond acceptors (Lipinski definition) is 3. The van der Waals surface area contributed by atoms with Crippen molar-refractivity contribution in [3.63, 3.8) is 0 Å². The summed E-state index contributed by atoms with van der Waals surface area (Å²) < 4.78 is 6.89. The molecule has 2 heterocycles. The number of carboxylic acid groups (broad SMARTS) is 1. The van der Waals surface area contributed by atoms with Gasteiger partial charge in [-0.1, -0.05) is 0 Å². The first kappa shape index (κ1) is 12.2. The average Bonchev–Trinajstić information content (AvgIpc) is 2.91. The molecule has 0 aliphatic rings. The number of rotatable bonds is 3. The van der Waals surface area contributed by atoms with Gasteiger partial charge in [-0.3, -0.25) is 4.40 Å². The first-order valence-electron chi connectivity index (χ1n) is 6.04. The number of aromatic nitrogens is 2. The molecule has 0 bridgehead atoms. The molecule has 2 aromatic heterocycles. The number of carboxylic acids is 1. The fourth-order valence-corrected chi connectivity index (χ4v) is 2.16. The standard InChI is InChI=1S/C15H12N2O3/c1-20-11-6-4-10(5-7-11)14-16-9-13-12(15(18)19)3-2-8-17(13)14/h2-9H,1H3,(H,18,19). The van der Waals surface area contributed by atoms with E-state index in [4.69, 9.17) is 4.74 Å². The fraction of sp³-hybridized carbons (Fsp3) is 0.0667. The van der Waals surface area contributed by atoms with E-state index in [2.05, 4.69) is 4.98 Å². The van der Waals surface area contributed by atoms with Gasteiger partial charge in [0.1, 0.15) is 11.6 Å². The molecule has 0 fully saturated rings. The first-order chi connectivity index (χ1) is 9.70. The maximum Gasteiger partial charge on any atom is 0.337 e. The Morgan fingerprint density at radius 3 is 2.65 bits per heavy atom. The van der Waals surface area contributed by atoms with E-state index >= 15 is 0 Å². The minimum atomic E-state index is -0.961. The zero-order valence-electron chi connectivity index (χ0n) is 10.8. The van der Waals surface area contributed by atoms with E-state index in [1.54, 1.807) is 36.0 Å². The molecule has 3 rings (SSSR count). The highest BCUT2D eigenvalue weighted by Gasteiger charge is 2.12. The van der Waals surface area contributed by atoms with Crippen molar-refractivity contribution >= 4 is 11.5 Å². The van der Waals surface area contributed by atoms with E-state index in [1.165, 1.54) is 0 Å². The van der Waals surface area contributed by atoms with Crippen molar-refractivity contribution in [3.05, 3.63) is 54.4 Å². The lowest BCUT2D eigenvalue weighted by Crippen LogP contribution is -1.99. The molecular formula is C15H12N2O3. The van der Waals surface area contributed by atoms with Crippen LogP contribution in [0.5, 0.6) is 5.75 Å². The van der Waals surface area contributed by atoms with Crippen LogP contribution >= 0.6 is 0 Å². The number of carbonyl (C=O) groups is 1. The van der Waals surface area contributed by atoms with Crippen molar-refractivity contribution in [2.75, 3.05) is 7.11 Å². The molecule has 0 atom stereocenters. The van der Waals surface area contributed by atoms with Gasteiger partial charge in [-0.2, -0.15) is 0 Å². The highest BCUT2D eigenvalue weighted by atomic mass is 16.5. The van der Waals surface area contributed by atoms with Gasteiger partial charge in [0.15, 0.2) is 0 Å². The van der Waals surface area contributed by atoms with Crippen molar-refractivity contribution in [3.8, 4) is 17.1 Å². The molecule has 0 amide bonds. The van der Waals surface area contributed by atoms with Crippen LogP contribution in [0, 0.1) is 0 Å². The van der Waals surface area contributed by atoms with Gasteiger partial charge in [0.2, 0.25) is 0 Å². The molecule has 20 heavy (non-hydrogen) atoms. The third kappa shape index (κ3) is 1.89. The van der Waals surface area contributed by atoms with E-state index in [0.717, 1.165) is 11.3 Å². The van der Waals surface area contributed by atoms with E-state index < -0.39 is 5.97 Å².